The lowest BCUT2D eigenvalue weighted by Gasteiger charge is -2.24. The van der Waals surface area contributed by atoms with E-state index in [-0.39, 0.29) is 0 Å². The van der Waals surface area contributed by atoms with Gasteiger partial charge < -0.3 is 5.32 Å². The minimum absolute atomic E-state index is 0.444. The summed E-state index contributed by atoms with van der Waals surface area (Å²) in [4.78, 5) is 1.46. The van der Waals surface area contributed by atoms with Crippen LogP contribution in [0.2, 0.25) is 4.34 Å². The Morgan fingerprint density at radius 2 is 2.21 bits per heavy atom. The minimum Gasteiger partial charge on any atom is -0.306 e. The number of fused-ring (bicyclic) bond motifs is 1. The van der Waals surface area contributed by atoms with Gasteiger partial charge in [0, 0.05) is 21.9 Å². The molecule has 1 aromatic carbocycles. The molecule has 1 atom stereocenters. The Morgan fingerprint density at radius 1 is 1.37 bits per heavy atom. The van der Waals surface area contributed by atoms with Gasteiger partial charge in [-0.05, 0) is 42.5 Å². The Hall–Kier alpha value is -0.350. The smallest absolute Gasteiger partial charge is 0.0934 e. The first-order valence-electron chi connectivity index (χ1n) is 6.49. The molecule has 19 heavy (non-hydrogen) atoms. The third-order valence-electron chi connectivity index (χ3n) is 3.58. The molecule has 0 saturated carbocycles. The lowest BCUT2D eigenvalue weighted by Crippen LogP contribution is -2.24. The summed E-state index contributed by atoms with van der Waals surface area (Å²) in [7, 11) is 0. The molecule has 0 radical (unpaired) electrons. The van der Waals surface area contributed by atoms with Crippen molar-refractivity contribution in [2.24, 2.45) is 0 Å². The Morgan fingerprint density at radius 3 is 3.05 bits per heavy atom. The van der Waals surface area contributed by atoms with E-state index >= 15 is 0 Å². The van der Waals surface area contributed by atoms with Gasteiger partial charge in [-0.25, -0.2) is 0 Å². The molecule has 0 amide bonds. The molecule has 0 aliphatic heterocycles. The Bertz CT molecular complexity index is 581. The Labute approximate surface area is 131 Å². The van der Waals surface area contributed by atoms with Gasteiger partial charge in [-0.3, -0.25) is 0 Å². The summed E-state index contributed by atoms with van der Waals surface area (Å²) in [6, 6.07) is 10.9. The fraction of sp³-hybridized carbons (Fsp3) is 0.333. The summed E-state index contributed by atoms with van der Waals surface area (Å²) >= 11 is 11.5. The highest BCUT2D eigenvalue weighted by Crippen LogP contribution is 2.38. The standard InChI is InChI=1S/C15H15BrClNS/c16-12-5-2-1-4-10(12)9-18-13-6-3-7-14-11(13)8-15(17)19-14/h1-2,4-5,8,13,18H,3,6-7,9H2. The number of thiophene rings is 1. The van der Waals surface area contributed by atoms with Crippen molar-refractivity contribution in [3.05, 3.63) is 55.1 Å². The topological polar surface area (TPSA) is 12.0 Å². The van der Waals surface area contributed by atoms with E-state index in [1.807, 2.05) is 6.07 Å². The molecule has 0 bridgehead atoms. The lowest BCUT2D eigenvalue weighted by molar-refractivity contribution is 0.463. The van der Waals surface area contributed by atoms with Gasteiger partial charge in [0.1, 0.15) is 0 Å². The van der Waals surface area contributed by atoms with Gasteiger partial charge in [0.05, 0.1) is 4.34 Å². The van der Waals surface area contributed by atoms with E-state index in [4.69, 9.17) is 11.6 Å². The maximum Gasteiger partial charge on any atom is 0.0934 e. The number of hydrogen-bond donors (Lipinski definition) is 1. The zero-order valence-corrected chi connectivity index (χ0v) is 13.6. The van der Waals surface area contributed by atoms with Crippen LogP contribution in [0.1, 0.15) is 34.9 Å². The maximum atomic E-state index is 6.14. The molecule has 1 N–H and O–H groups in total. The van der Waals surface area contributed by atoms with Gasteiger partial charge in [0.15, 0.2) is 0 Å². The van der Waals surface area contributed by atoms with Crippen LogP contribution in [0.3, 0.4) is 0 Å². The van der Waals surface area contributed by atoms with E-state index in [1.54, 1.807) is 11.3 Å². The molecule has 4 heteroatoms. The molecule has 0 fully saturated rings. The van der Waals surface area contributed by atoms with Crippen LogP contribution in [0.4, 0.5) is 0 Å². The zero-order valence-electron chi connectivity index (χ0n) is 10.5. The molecule has 1 aliphatic carbocycles. The van der Waals surface area contributed by atoms with Crippen LogP contribution in [-0.4, -0.2) is 0 Å². The molecule has 1 nitrogen and oxygen atoms in total. The predicted octanol–water partition coefficient (Wildman–Crippen LogP) is 5.33. The molecular weight excluding hydrogens is 342 g/mol. The van der Waals surface area contributed by atoms with E-state index in [2.05, 4.69) is 45.5 Å². The molecule has 1 heterocycles. The van der Waals surface area contributed by atoms with Crippen molar-refractivity contribution in [1.29, 1.82) is 0 Å². The van der Waals surface area contributed by atoms with Crippen LogP contribution in [0.15, 0.2) is 34.8 Å². The van der Waals surface area contributed by atoms with Crippen molar-refractivity contribution >= 4 is 38.9 Å². The van der Waals surface area contributed by atoms with Crippen LogP contribution in [-0.2, 0) is 13.0 Å². The highest BCUT2D eigenvalue weighted by atomic mass is 79.9. The van der Waals surface area contributed by atoms with Crippen LogP contribution in [0.5, 0.6) is 0 Å². The van der Waals surface area contributed by atoms with Crippen molar-refractivity contribution < 1.29 is 0 Å². The number of benzene rings is 1. The fourth-order valence-corrected chi connectivity index (χ4v) is 4.42. The fourth-order valence-electron chi connectivity index (χ4n) is 2.61. The largest absolute Gasteiger partial charge is 0.306 e. The van der Waals surface area contributed by atoms with Gasteiger partial charge in [-0.1, -0.05) is 45.7 Å². The van der Waals surface area contributed by atoms with Crippen molar-refractivity contribution in [2.75, 3.05) is 0 Å². The first-order chi connectivity index (χ1) is 9.24. The third-order valence-corrected chi connectivity index (χ3v) is 5.69. The monoisotopic (exact) mass is 355 g/mol. The van der Waals surface area contributed by atoms with Crippen LogP contribution in [0.25, 0.3) is 0 Å². The van der Waals surface area contributed by atoms with Gasteiger partial charge in [0.2, 0.25) is 0 Å². The van der Waals surface area contributed by atoms with Crippen LogP contribution < -0.4 is 5.32 Å². The third kappa shape index (κ3) is 3.05. The van der Waals surface area contributed by atoms with E-state index in [9.17, 15) is 0 Å². The second-order valence-electron chi connectivity index (χ2n) is 4.85. The Kier molecular flexibility index (Phi) is 4.27. The summed E-state index contributed by atoms with van der Waals surface area (Å²) in [6.07, 6.45) is 3.63. The van der Waals surface area contributed by atoms with E-state index in [0.29, 0.717) is 6.04 Å². The number of hydrogen-bond acceptors (Lipinski definition) is 2. The van der Waals surface area contributed by atoms with Crippen molar-refractivity contribution in [3.63, 3.8) is 0 Å². The van der Waals surface area contributed by atoms with Crippen LogP contribution >= 0.6 is 38.9 Å². The first-order valence-corrected chi connectivity index (χ1v) is 8.47. The molecule has 3 rings (SSSR count). The second-order valence-corrected chi connectivity index (χ2v) is 7.47. The molecule has 1 aliphatic rings. The maximum absolute atomic E-state index is 6.14. The molecule has 0 spiro atoms. The summed E-state index contributed by atoms with van der Waals surface area (Å²) in [5, 5.41) is 3.67. The highest BCUT2D eigenvalue weighted by molar-refractivity contribution is 9.10. The normalized spacial score (nSPS) is 18.3. The number of nitrogens with one attached hydrogen (secondary N) is 1. The van der Waals surface area contributed by atoms with Gasteiger partial charge in [-0.15, -0.1) is 11.3 Å². The summed E-state index contributed by atoms with van der Waals surface area (Å²) in [6.45, 7) is 0.888. The van der Waals surface area contributed by atoms with Crippen LogP contribution in [0, 0.1) is 0 Å². The van der Waals surface area contributed by atoms with Crippen molar-refractivity contribution in [3.8, 4) is 0 Å². The minimum atomic E-state index is 0.444. The molecule has 2 aromatic rings. The summed E-state index contributed by atoms with van der Waals surface area (Å²) < 4.78 is 2.08. The molecule has 1 aromatic heterocycles. The SMILES string of the molecule is Clc1cc2c(s1)CCCC2NCc1ccccc1Br. The molecule has 100 valence electrons. The average molecular weight is 357 g/mol. The van der Waals surface area contributed by atoms with E-state index in [1.165, 1.54) is 39.7 Å². The molecular formula is C15H15BrClNS. The number of rotatable bonds is 3. The molecule has 0 saturated heterocycles. The summed E-state index contributed by atoms with van der Waals surface area (Å²) in [5.41, 5.74) is 2.71. The highest BCUT2D eigenvalue weighted by Gasteiger charge is 2.22. The quantitative estimate of drug-likeness (QED) is 0.783. The molecule has 1 unspecified atom stereocenters. The average Bonchev–Trinajstić information content (AvgIpc) is 2.78. The Balaban J connectivity index is 1.73. The van der Waals surface area contributed by atoms with Gasteiger partial charge >= 0.3 is 0 Å². The number of aryl methyl sites for hydroxylation is 1. The number of halogens is 2. The first kappa shape index (κ1) is 13.6. The predicted molar refractivity (Wildman–Crippen MR) is 86.0 cm³/mol. The lowest BCUT2D eigenvalue weighted by atomic mass is 9.94. The zero-order chi connectivity index (χ0) is 13.2. The second kappa shape index (κ2) is 5.96. The van der Waals surface area contributed by atoms with E-state index in [0.717, 1.165) is 10.9 Å². The van der Waals surface area contributed by atoms with Crippen molar-refractivity contribution in [1.82, 2.24) is 5.32 Å². The summed E-state index contributed by atoms with van der Waals surface area (Å²) in [5.74, 6) is 0. The van der Waals surface area contributed by atoms with Gasteiger partial charge in [0.25, 0.3) is 0 Å². The van der Waals surface area contributed by atoms with Gasteiger partial charge in [-0.2, -0.15) is 0 Å². The van der Waals surface area contributed by atoms with E-state index < -0.39 is 0 Å². The van der Waals surface area contributed by atoms with Crippen molar-refractivity contribution in [2.45, 2.75) is 31.8 Å².